The Bertz CT molecular complexity index is 5100. The van der Waals surface area contributed by atoms with Gasteiger partial charge in [-0.15, -0.1) is 0 Å². The first-order valence-electron chi connectivity index (χ1n) is 37.5. The average Bonchev–Trinajstić information content (AvgIpc) is 1.58. The first kappa shape index (κ1) is 78.3. The van der Waals surface area contributed by atoms with Crippen molar-refractivity contribution in [1.82, 2.24) is 45.6 Å². The summed E-state index contributed by atoms with van der Waals surface area (Å²) in [7, 11) is 4.65. The summed E-state index contributed by atoms with van der Waals surface area (Å²) in [6.07, 6.45) is 1.82. The number of aliphatic carboxylic acids is 2. The quantitative estimate of drug-likeness (QED) is 0.0299. The van der Waals surface area contributed by atoms with Crippen LogP contribution in [0.15, 0.2) is 146 Å². The van der Waals surface area contributed by atoms with Crippen LogP contribution in [-0.4, -0.2) is 188 Å². The molecule has 6 aromatic carbocycles. The number of ether oxygens (including phenoxy) is 3. The summed E-state index contributed by atoms with van der Waals surface area (Å²) in [6, 6.07) is 36.9. The Labute approximate surface area is 649 Å². The number of para-hydroxylation sites is 3. The second-order valence-corrected chi connectivity index (χ2v) is 30.9. The molecule has 3 aromatic heterocycles. The van der Waals surface area contributed by atoms with Crippen molar-refractivity contribution in [2.24, 2.45) is 17.8 Å². The Morgan fingerprint density at radius 2 is 0.726 bits per heavy atom. The molecule has 3 spiro atoms. The molecule has 113 heavy (non-hydrogen) atoms. The van der Waals surface area contributed by atoms with Crippen LogP contribution in [0.1, 0.15) is 128 Å². The van der Waals surface area contributed by atoms with Gasteiger partial charge in [0.1, 0.15) is 70.8 Å². The fourth-order valence-electron chi connectivity index (χ4n) is 16.9. The summed E-state index contributed by atoms with van der Waals surface area (Å²) in [6.45, 7) is 11.5. The lowest BCUT2D eigenvalue weighted by atomic mass is 9.79. The first-order chi connectivity index (χ1) is 54.0. The van der Waals surface area contributed by atoms with Crippen LogP contribution in [0.4, 0.5) is 17.1 Å². The maximum Gasteiger partial charge on any atom is 0.326 e. The second kappa shape index (κ2) is 31.5. The van der Waals surface area contributed by atoms with Crippen molar-refractivity contribution in [1.29, 1.82) is 0 Å². The number of methoxy groups -OCH3 is 3. The molecule has 0 aliphatic carbocycles. The molecular weight excluding hydrogens is 1450 g/mol. The molecular formula is C84H90N12O17. The molecule has 15 rings (SSSR count). The SMILES string of the molecule is COc1cccc2[nH]c(C(=O)N[C@@H](CC(C)C)C(=O)N3C[C@]4(C[C@H]3C(=O)O)C(=O)Nc3ccccc34)cc12.COc1cccc2[nH]c(C(=O)N[C@@H](CC(C)C)C(=O)N3C[C@]4(C[C@H]3C(=O)O)C(=O)Nc3ccccc34)cc12.COc1cccc2[nH]c(C(=O)N[C@@H](CC(C)C)C(=O)N3C[C@]4(C[C@H]3C=O)C(=O)Nc3ccccc34)cc12. The molecule has 29 heteroatoms. The minimum Gasteiger partial charge on any atom is -0.496 e. The van der Waals surface area contributed by atoms with Gasteiger partial charge in [0, 0.05) is 69.4 Å². The molecule has 0 saturated carbocycles. The lowest BCUT2D eigenvalue weighted by molar-refractivity contribution is -0.149. The van der Waals surface area contributed by atoms with Crippen LogP contribution in [0.2, 0.25) is 0 Å². The van der Waals surface area contributed by atoms with Crippen molar-refractivity contribution in [3.63, 3.8) is 0 Å². The number of anilines is 3. The summed E-state index contributed by atoms with van der Waals surface area (Å²) in [4.78, 5) is 171. The third-order valence-corrected chi connectivity index (χ3v) is 22.3. The summed E-state index contributed by atoms with van der Waals surface area (Å²) < 4.78 is 16.1. The maximum absolute atomic E-state index is 13.9. The number of likely N-dealkylation sites (tertiary alicyclic amines) is 3. The number of aromatic amines is 3. The summed E-state index contributed by atoms with van der Waals surface area (Å²) >= 11 is 0. The van der Waals surface area contributed by atoms with E-state index in [2.05, 4.69) is 46.9 Å². The topological polar surface area (TPSA) is 402 Å². The van der Waals surface area contributed by atoms with E-state index in [1.54, 1.807) is 112 Å². The van der Waals surface area contributed by atoms with E-state index in [4.69, 9.17) is 14.2 Å². The van der Waals surface area contributed by atoms with Gasteiger partial charge in [-0.1, -0.05) is 114 Å². The number of aromatic nitrogens is 3. The highest BCUT2D eigenvalue weighted by atomic mass is 16.5. The molecule has 29 nitrogen and oxygen atoms in total. The number of rotatable bonds is 21. The summed E-state index contributed by atoms with van der Waals surface area (Å²) in [5.41, 5.74) is 3.76. The van der Waals surface area contributed by atoms with Crippen molar-refractivity contribution in [2.75, 3.05) is 56.9 Å². The van der Waals surface area contributed by atoms with Gasteiger partial charge in [0.15, 0.2) is 0 Å². The molecule has 588 valence electrons. The number of H-pyrrole nitrogens is 3. The molecule has 3 fully saturated rings. The Kier molecular flexibility index (Phi) is 21.8. The van der Waals surface area contributed by atoms with Crippen LogP contribution in [0.5, 0.6) is 17.2 Å². The number of carbonyl (C=O) groups is 12. The van der Waals surface area contributed by atoms with E-state index in [1.165, 1.54) is 14.7 Å². The van der Waals surface area contributed by atoms with Gasteiger partial charge in [0.2, 0.25) is 35.4 Å². The molecule has 9 atom stereocenters. The maximum atomic E-state index is 13.9. The van der Waals surface area contributed by atoms with Gasteiger partial charge in [-0.2, -0.15) is 0 Å². The highest BCUT2D eigenvalue weighted by molar-refractivity contribution is 6.12. The fourth-order valence-corrected chi connectivity index (χ4v) is 16.9. The van der Waals surface area contributed by atoms with Crippen molar-refractivity contribution < 1.29 is 82.0 Å². The molecule has 3 saturated heterocycles. The normalized spacial score (nSPS) is 21.1. The second-order valence-electron chi connectivity index (χ2n) is 30.9. The lowest BCUT2D eigenvalue weighted by Gasteiger charge is -2.29. The zero-order chi connectivity index (χ0) is 80.7. The molecule has 6 aliphatic heterocycles. The molecule has 0 bridgehead atoms. The fraction of sp³-hybridized carbons (Fsp3) is 0.357. The molecule has 6 aliphatic rings. The predicted octanol–water partition coefficient (Wildman–Crippen LogP) is 8.80. The highest BCUT2D eigenvalue weighted by Gasteiger charge is 2.61. The van der Waals surface area contributed by atoms with E-state index in [-0.39, 0.29) is 91.7 Å². The zero-order valence-electron chi connectivity index (χ0n) is 63.9. The molecule has 0 unspecified atom stereocenters. The number of carbonyl (C=O) groups excluding carboxylic acids is 10. The number of amides is 9. The number of carboxylic acid groups (broad SMARTS) is 2. The van der Waals surface area contributed by atoms with E-state index in [0.29, 0.717) is 81.4 Å². The largest absolute Gasteiger partial charge is 0.496 e. The number of nitrogens with zero attached hydrogens (tertiary/aromatic N) is 3. The number of carboxylic acids is 2. The molecule has 11 N–H and O–H groups in total. The van der Waals surface area contributed by atoms with Gasteiger partial charge in [-0.05, 0) is 146 Å². The van der Waals surface area contributed by atoms with Gasteiger partial charge in [0.25, 0.3) is 17.7 Å². The predicted molar refractivity (Wildman–Crippen MR) is 419 cm³/mol. The number of fused-ring (bicyclic) bond motifs is 9. The van der Waals surface area contributed by atoms with E-state index in [1.807, 2.05) is 96.1 Å². The van der Waals surface area contributed by atoms with Crippen LogP contribution in [-0.2, 0) is 59.4 Å². The first-order valence-corrected chi connectivity index (χ1v) is 37.5. The van der Waals surface area contributed by atoms with Crippen molar-refractivity contribution >= 4 is 121 Å². The molecule has 9 heterocycles. The van der Waals surface area contributed by atoms with Crippen LogP contribution in [0.25, 0.3) is 32.7 Å². The Morgan fingerprint density at radius 1 is 0.434 bits per heavy atom. The van der Waals surface area contributed by atoms with Gasteiger partial charge < -0.3 is 90.8 Å². The number of aldehydes is 1. The Balaban J connectivity index is 0.000000148. The van der Waals surface area contributed by atoms with Gasteiger partial charge in [0.05, 0.1) is 43.6 Å². The minimum absolute atomic E-state index is 0.0300. The van der Waals surface area contributed by atoms with Gasteiger partial charge in [-0.25, -0.2) is 9.59 Å². The highest BCUT2D eigenvalue weighted by Crippen LogP contribution is 2.50. The van der Waals surface area contributed by atoms with Crippen LogP contribution >= 0.6 is 0 Å². The third-order valence-electron chi connectivity index (χ3n) is 22.3. The minimum atomic E-state index is -1.21. The van der Waals surface area contributed by atoms with E-state index < -0.39 is 94.0 Å². The number of nitrogens with one attached hydrogen (secondary N) is 9. The monoisotopic (exact) mass is 1540 g/mol. The van der Waals surface area contributed by atoms with Crippen molar-refractivity contribution in [3.8, 4) is 17.2 Å². The van der Waals surface area contributed by atoms with Crippen LogP contribution in [0, 0.1) is 17.8 Å². The average molecular weight is 1540 g/mol. The Hall–Kier alpha value is -12.8. The number of benzene rings is 6. The van der Waals surface area contributed by atoms with Crippen LogP contribution in [0.3, 0.4) is 0 Å². The zero-order valence-corrected chi connectivity index (χ0v) is 63.9. The number of hydrogen-bond donors (Lipinski definition) is 11. The third kappa shape index (κ3) is 14.7. The molecule has 0 radical (unpaired) electrons. The van der Waals surface area contributed by atoms with Crippen molar-refractivity contribution in [2.45, 2.75) is 133 Å². The van der Waals surface area contributed by atoms with E-state index in [9.17, 15) is 67.7 Å². The van der Waals surface area contributed by atoms with Gasteiger partial charge in [-0.3, -0.25) is 43.2 Å². The van der Waals surface area contributed by atoms with E-state index >= 15 is 0 Å². The summed E-state index contributed by atoms with van der Waals surface area (Å²) in [5.74, 6) is -4.08. The standard InChI is InChI=1S/2C28H30N4O6.C28H30N4O5/c2*1-15(2)11-21(30-24(33)20-12-16-18(29-20)9-6-10-23(16)38-3)25(34)32-14-28(13-22(32)26(35)36)17-7-4-5-8-19(17)31-27(28)37;1-16(2)11-23(30-25(34)22-12-18-20(29-22)9-6-10-24(18)37-3)26(35)32-15-28(13-17(32)14-33)19-7-4-5-8-21(19)31-27(28)36/h2*4-10,12,15,21-22,29H,11,13-14H2,1-3H3,(H,30,33)(H,31,37)(H,35,36);4-10,12,14,16-17,23,29H,11,13,15H2,1-3H3,(H,30,34)(H,31,36)/t2*21-,22-,28-;17-,23-,28-/m000/s1. The molecule has 9 amide bonds. The van der Waals surface area contributed by atoms with Crippen molar-refractivity contribution in [3.05, 3.63) is 179 Å². The smallest absolute Gasteiger partial charge is 0.326 e. The van der Waals surface area contributed by atoms with Gasteiger partial charge >= 0.3 is 11.9 Å². The Morgan fingerprint density at radius 3 is 1.02 bits per heavy atom. The molecule has 9 aromatic rings. The van der Waals surface area contributed by atoms with Crippen LogP contribution < -0.4 is 46.1 Å². The number of hydrogen-bond acceptors (Lipinski definition) is 15. The van der Waals surface area contributed by atoms with E-state index in [0.717, 1.165) is 33.5 Å². The lowest BCUT2D eigenvalue weighted by Crippen LogP contribution is -2.52. The summed E-state index contributed by atoms with van der Waals surface area (Å²) in [5, 5.41) is 39.3.